The Morgan fingerprint density at radius 2 is 1.80 bits per heavy atom. The molecular formula is C18H35F3IN5O2S. The highest BCUT2D eigenvalue weighted by Crippen LogP contribution is 2.29. The number of guanidine groups is 1. The minimum Gasteiger partial charge on any atom is -0.357 e. The van der Waals surface area contributed by atoms with Crippen LogP contribution in [-0.4, -0.2) is 80.4 Å². The normalized spacial score (nSPS) is 22.9. The minimum atomic E-state index is -5.24. The molecule has 2 aliphatic heterocycles. The standard InChI is InChI=1S/C18H34F3N5O2S.HI/c1-4-22-17(23-12-16-6-5-9-25(16)13-14(2)3)24-15-7-10-26(11-8-15)29(27,28)18(19,20)21;/h14-16H,4-13H2,1-3H3,(H2,22,23,24);1H/t16-;/m1./s1. The third-order valence-electron chi connectivity index (χ3n) is 5.33. The summed E-state index contributed by atoms with van der Waals surface area (Å²) in [5.74, 6) is 1.24. The van der Waals surface area contributed by atoms with E-state index in [1.54, 1.807) is 0 Å². The van der Waals surface area contributed by atoms with E-state index < -0.39 is 15.5 Å². The van der Waals surface area contributed by atoms with Gasteiger partial charge in [-0.1, -0.05) is 13.8 Å². The SMILES string of the molecule is CCNC(=NC[C@H]1CCCN1CC(C)C)NC1CCN(S(=O)(=O)C(F)(F)F)CC1.I. The molecule has 178 valence electrons. The van der Waals surface area contributed by atoms with E-state index in [2.05, 4.69) is 29.4 Å². The third-order valence-corrected chi connectivity index (χ3v) is 6.96. The van der Waals surface area contributed by atoms with Crippen LogP contribution in [0.5, 0.6) is 0 Å². The molecule has 0 amide bonds. The first kappa shape index (κ1) is 27.7. The van der Waals surface area contributed by atoms with Crippen molar-refractivity contribution in [2.45, 2.75) is 64.0 Å². The zero-order valence-electron chi connectivity index (χ0n) is 17.9. The summed E-state index contributed by atoms with van der Waals surface area (Å²) in [4.78, 5) is 7.17. The molecule has 0 aliphatic carbocycles. The van der Waals surface area contributed by atoms with Gasteiger partial charge in [-0.15, -0.1) is 24.0 Å². The molecule has 2 saturated heterocycles. The fourth-order valence-corrected chi connectivity index (χ4v) is 4.89. The van der Waals surface area contributed by atoms with Gasteiger partial charge in [-0.3, -0.25) is 9.89 Å². The number of sulfonamides is 1. The van der Waals surface area contributed by atoms with Gasteiger partial charge in [0, 0.05) is 38.3 Å². The number of alkyl halides is 3. The van der Waals surface area contributed by atoms with E-state index >= 15 is 0 Å². The summed E-state index contributed by atoms with van der Waals surface area (Å²) in [6.45, 7) is 9.55. The van der Waals surface area contributed by atoms with E-state index in [1.807, 2.05) is 6.92 Å². The molecular weight excluding hydrogens is 534 g/mol. The lowest BCUT2D eigenvalue weighted by molar-refractivity contribution is -0.0494. The second-order valence-electron chi connectivity index (χ2n) is 8.17. The van der Waals surface area contributed by atoms with E-state index in [0.29, 0.717) is 48.2 Å². The molecule has 0 bridgehead atoms. The summed E-state index contributed by atoms with van der Waals surface area (Å²) in [7, 11) is -5.24. The Morgan fingerprint density at radius 3 is 2.33 bits per heavy atom. The van der Waals surface area contributed by atoms with Crippen LogP contribution < -0.4 is 10.6 Å². The average molecular weight is 569 g/mol. The first-order valence-electron chi connectivity index (χ1n) is 10.4. The van der Waals surface area contributed by atoms with Crippen LogP contribution in [0.4, 0.5) is 13.2 Å². The van der Waals surface area contributed by atoms with Gasteiger partial charge < -0.3 is 10.6 Å². The van der Waals surface area contributed by atoms with E-state index in [1.165, 1.54) is 6.42 Å². The predicted octanol–water partition coefficient (Wildman–Crippen LogP) is 2.59. The predicted molar refractivity (Wildman–Crippen MR) is 124 cm³/mol. The van der Waals surface area contributed by atoms with E-state index in [9.17, 15) is 21.6 Å². The molecule has 0 saturated carbocycles. The van der Waals surface area contributed by atoms with Gasteiger partial charge in [0.2, 0.25) is 0 Å². The van der Waals surface area contributed by atoms with Gasteiger partial charge >= 0.3 is 15.5 Å². The summed E-state index contributed by atoms with van der Waals surface area (Å²) in [5, 5.41) is 6.45. The van der Waals surface area contributed by atoms with Gasteiger partial charge in [0.25, 0.3) is 0 Å². The van der Waals surface area contributed by atoms with Crippen molar-refractivity contribution in [3.05, 3.63) is 0 Å². The maximum atomic E-state index is 12.7. The monoisotopic (exact) mass is 569 g/mol. The van der Waals surface area contributed by atoms with E-state index in [4.69, 9.17) is 4.99 Å². The number of nitrogens with one attached hydrogen (secondary N) is 2. The number of hydrogen-bond acceptors (Lipinski definition) is 4. The minimum absolute atomic E-state index is 0. The molecule has 2 rings (SSSR count). The maximum Gasteiger partial charge on any atom is 0.511 e. The molecule has 2 fully saturated rings. The van der Waals surface area contributed by atoms with Crippen LogP contribution in [0, 0.1) is 5.92 Å². The molecule has 12 heteroatoms. The Labute approximate surface area is 195 Å². The van der Waals surface area contributed by atoms with Crippen LogP contribution in [0.3, 0.4) is 0 Å². The number of piperidine rings is 1. The molecule has 0 unspecified atom stereocenters. The van der Waals surface area contributed by atoms with Crippen molar-refractivity contribution in [2.24, 2.45) is 10.9 Å². The third kappa shape index (κ3) is 7.66. The van der Waals surface area contributed by atoms with Crippen LogP contribution in [0.2, 0.25) is 0 Å². The Hall–Kier alpha value is -0.340. The quantitative estimate of drug-likeness (QED) is 0.280. The van der Waals surface area contributed by atoms with Gasteiger partial charge in [0.05, 0.1) is 6.54 Å². The number of halogens is 4. The summed E-state index contributed by atoms with van der Waals surface area (Å²) in [6.07, 6.45) is 2.90. The second-order valence-corrected chi connectivity index (χ2v) is 10.1. The number of rotatable bonds is 7. The fourth-order valence-electron chi connectivity index (χ4n) is 3.91. The van der Waals surface area contributed by atoms with Crippen molar-refractivity contribution in [3.8, 4) is 0 Å². The molecule has 1 atom stereocenters. The summed E-state index contributed by atoms with van der Waals surface area (Å²) >= 11 is 0. The number of hydrogen-bond donors (Lipinski definition) is 2. The van der Waals surface area contributed by atoms with Gasteiger partial charge in [-0.05, 0) is 45.1 Å². The van der Waals surface area contributed by atoms with Crippen molar-refractivity contribution in [1.82, 2.24) is 19.8 Å². The van der Waals surface area contributed by atoms with Crippen LogP contribution in [-0.2, 0) is 10.0 Å². The fraction of sp³-hybridized carbons (Fsp3) is 0.944. The molecule has 2 aliphatic rings. The van der Waals surface area contributed by atoms with Crippen molar-refractivity contribution in [1.29, 1.82) is 0 Å². The largest absolute Gasteiger partial charge is 0.511 e. The van der Waals surface area contributed by atoms with Gasteiger partial charge in [-0.25, -0.2) is 8.42 Å². The molecule has 0 aromatic heterocycles. The summed E-state index contributed by atoms with van der Waals surface area (Å²) in [6, 6.07) is 0.300. The second kappa shape index (κ2) is 12.0. The Balaban J connectivity index is 0.00000450. The zero-order chi connectivity index (χ0) is 21.7. The number of likely N-dealkylation sites (tertiary alicyclic amines) is 1. The molecule has 2 heterocycles. The van der Waals surface area contributed by atoms with Crippen molar-refractivity contribution in [3.63, 3.8) is 0 Å². The van der Waals surface area contributed by atoms with Crippen molar-refractivity contribution in [2.75, 3.05) is 39.3 Å². The van der Waals surface area contributed by atoms with Crippen LogP contribution in [0.15, 0.2) is 4.99 Å². The molecule has 0 aromatic rings. The Kier molecular flexibility index (Phi) is 11.1. The van der Waals surface area contributed by atoms with E-state index in [0.717, 1.165) is 19.5 Å². The lowest BCUT2D eigenvalue weighted by Crippen LogP contribution is -2.51. The van der Waals surface area contributed by atoms with Crippen molar-refractivity contribution >= 4 is 40.0 Å². The van der Waals surface area contributed by atoms with Crippen LogP contribution >= 0.6 is 24.0 Å². The van der Waals surface area contributed by atoms with Gasteiger partial charge in [0.1, 0.15) is 0 Å². The molecule has 0 aromatic carbocycles. The molecule has 7 nitrogen and oxygen atoms in total. The number of aliphatic imine (C=N–C) groups is 1. The first-order valence-corrected chi connectivity index (χ1v) is 11.8. The highest BCUT2D eigenvalue weighted by atomic mass is 127. The lowest BCUT2D eigenvalue weighted by atomic mass is 10.1. The Morgan fingerprint density at radius 1 is 1.17 bits per heavy atom. The molecule has 0 radical (unpaired) electrons. The highest BCUT2D eigenvalue weighted by molar-refractivity contribution is 14.0. The summed E-state index contributed by atoms with van der Waals surface area (Å²) < 4.78 is 61.7. The first-order chi connectivity index (χ1) is 13.5. The maximum absolute atomic E-state index is 12.7. The van der Waals surface area contributed by atoms with Gasteiger partial charge in [-0.2, -0.15) is 17.5 Å². The highest BCUT2D eigenvalue weighted by Gasteiger charge is 2.50. The van der Waals surface area contributed by atoms with Crippen molar-refractivity contribution < 1.29 is 21.6 Å². The lowest BCUT2D eigenvalue weighted by Gasteiger charge is -2.32. The van der Waals surface area contributed by atoms with Crippen LogP contribution in [0.25, 0.3) is 0 Å². The number of nitrogens with zero attached hydrogens (tertiary/aromatic N) is 3. The smallest absolute Gasteiger partial charge is 0.357 e. The van der Waals surface area contributed by atoms with Crippen LogP contribution in [0.1, 0.15) is 46.5 Å². The molecule has 0 spiro atoms. The molecule has 2 N–H and O–H groups in total. The van der Waals surface area contributed by atoms with E-state index in [-0.39, 0.29) is 43.1 Å². The Bertz CT molecular complexity index is 653. The molecule has 30 heavy (non-hydrogen) atoms. The average Bonchev–Trinajstić information content (AvgIpc) is 3.05. The van der Waals surface area contributed by atoms with Gasteiger partial charge in [0.15, 0.2) is 5.96 Å². The zero-order valence-corrected chi connectivity index (χ0v) is 21.1. The summed E-state index contributed by atoms with van der Waals surface area (Å²) in [5.41, 5.74) is -5.24. The topological polar surface area (TPSA) is 77.0 Å².